The monoisotopic (exact) mass is 370 g/mol. The van der Waals surface area contributed by atoms with Crippen molar-refractivity contribution >= 4 is 23.2 Å². The van der Waals surface area contributed by atoms with Crippen LogP contribution >= 0.6 is 11.3 Å². The highest BCUT2D eigenvalue weighted by molar-refractivity contribution is 7.17. The molecule has 0 radical (unpaired) electrons. The molecule has 8 heteroatoms. The smallest absolute Gasteiger partial charge is 0.311 e. The van der Waals surface area contributed by atoms with Crippen LogP contribution in [0, 0.1) is 6.92 Å². The number of aliphatic carboxylic acids is 1. The molecule has 0 unspecified atom stereocenters. The highest BCUT2D eigenvalue weighted by Crippen LogP contribution is 2.32. The topological polar surface area (TPSA) is 108 Å². The van der Waals surface area contributed by atoms with E-state index in [-0.39, 0.29) is 18.2 Å². The van der Waals surface area contributed by atoms with Crippen molar-refractivity contribution in [3.63, 3.8) is 0 Å². The van der Waals surface area contributed by atoms with E-state index in [1.807, 2.05) is 43.3 Å². The van der Waals surface area contributed by atoms with Crippen LogP contribution in [0.25, 0.3) is 10.4 Å². The molecule has 1 aromatic carbocycles. The van der Waals surface area contributed by atoms with E-state index < -0.39 is 12.0 Å². The van der Waals surface area contributed by atoms with Crippen molar-refractivity contribution in [2.45, 2.75) is 26.3 Å². The molecule has 3 aromatic rings. The molecular weight excluding hydrogens is 352 g/mol. The molecule has 0 aliphatic heterocycles. The molecule has 26 heavy (non-hydrogen) atoms. The van der Waals surface area contributed by atoms with Crippen molar-refractivity contribution in [1.29, 1.82) is 0 Å². The summed E-state index contributed by atoms with van der Waals surface area (Å²) in [5.41, 5.74) is 2.12. The van der Waals surface area contributed by atoms with E-state index in [1.165, 1.54) is 11.3 Å². The van der Waals surface area contributed by atoms with Gasteiger partial charge in [0.25, 0.3) is 5.91 Å². The summed E-state index contributed by atoms with van der Waals surface area (Å²) < 4.78 is 0. The number of carbonyl (C=O) groups excluding carboxylic acids is 1. The minimum Gasteiger partial charge on any atom is -0.481 e. The number of benzene rings is 1. The number of nitrogens with zero attached hydrogens (tertiary/aromatic N) is 2. The summed E-state index contributed by atoms with van der Waals surface area (Å²) in [5.74, 6) is -0.595. The molecule has 0 spiro atoms. The maximum absolute atomic E-state index is 12.5. The van der Waals surface area contributed by atoms with Crippen LogP contribution in [0.4, 0.5) is 0 Å². The lowest BCUT2D eigenvalue weighted by atomic mass is 10.1. The molecule has 0 aliphatic rings. The number of aromatic amines is 1. The zero-order valence-electron chi connectivity index (χ0n) is 14.3. The number of carbonyl (C=O) groups is 2. The molecule has 3 rings (SSSR count). The Morgan fingerprint density at radius 1 is 1.31 bits per heavy atom. The van der Waals surface area contributed by atoms with Gasteiger partial charge in [-0.25, -0.2) is 4.98 Å². The largest absolute Gasteiger partial charge is 0.481 e. The van der Waals surface area contributed by atoms with Gasteiger partial charge in [-0.2, -0.15) is 5.10 Å². The van der Waals surface area contributed by atoms with Gasteiger partial charge >= 0.3 is 5.97 Å². The number of hydrogen-bond donors (Lipinski definition) is 3. The number of rotatable bonds is 6. The van der Waals surface area contributed by atoms with E-state index in [0.717, 1.165) is 16.0 Å². The second kappa shape index (κ2) is 7.49. The molecule has 2 heterocycles. The fourth-order valence-corrected chi connectivity index (χ4v) is 3.61. The Morgan fingerprint density at radius 3 is 2.73 bits per heavy atom. The van der Waals surface area contributed by atoms with Gasteiger partial charge in [-0.3, -0.25) is 14.7 Å². The second-order valence-electron chi connectivity index (χ2n) is 5.89. The number of amides is 1. The van der Waals surface area contributed by atoms with Crippen molar-refractivity contribution in [2.75, 3.05) is 0 Å². The van der Waals surface area contributed by atoms with Gasteiger partial charge in [0.05, 0.1) is 10.9 Å². The molecule has 1 atom stereocenters. The molecule has 134 valence electrons. The third-order valence-electron chi connectivity index (χ3n) is 3.78. The lowest BCUT2D eigenvalue weighted by molar-refractivity contribution is -0.136. The molecule has 3 N–H and O–H groups in total. The highest BCUT2D eigenvalue weighted by Gasteiger charge is 2.19. The lowest BCUT2D eigenvalue weighted by Crippen LogP contribution is -2.26. The van der Waals surface area contributed by atoms with Crippen molar-refractivity contribution in [3.8, 4) is 10.4 Å². The number of nitrogens with one attached hydrogen (secondary N) is 2. The minimum atomic E-state index is -0.994. The maximum atomic E-state index is 12.5. The first-order chi connectivity index (χ1) is 12.4. The molecule has 0 aliphatic carbocycles. The van der Waals surface area contributed by atoms with E-state index in [2.05, 4.69) is 20.5 Å². The van der Waals surface area contributed by atoms with Crippen LogP contribution in [0.2, 0.25) is 0 Å². The van der Waals surface area contributed by atoms with Crippen LogP contribution in [-0.4, -0.2) is 32.2 Å². The van der Waals surface area contributed by atoms with Crippen molar-refractivity contribution in [2.24, 2.45) is 0 Å². The average molecular weight is 370 g/mol. The summed E-state index contributed by atoms with van der Waals surface area (Å²) in [7, 11) is 0. The molecule has 0 bridgehead atoms. The maximum Gasteiger partial charge on any atom is 0.311 e. The first-order valence-electron chi connectivity index (χ1n) is 8.03. The molecule has 1 amide bonds. The van der Waals surface area contributed by atoms with Gasteiger partial charge in [0.1, 0.15) is 12.2 Å². The van der Waals surface area contributed by atoms with Crippen LogP contribution < -0.4 is 5.32 Å². The molecule has 0 fully saturated rings. The quantitative estimate of drug-likeness (QED) is 0.618. The highest BCUT2D eigenvalue weighted by atomic mass is 32.1. The average Bonchev–Trinajstić information content (AvgIpc) is 3.22. The van der Waals surface area contributed by atoms with Crippen LogP contribution in [0.5, 0.6) is 0 Å². The Balaban J connectivity index is 1.72. The predicted octanol–water partition coefficient (Wildman–Crippen LogP) is 2.96. The summed E-state index contributed by atoms with van der Waals surface area (Å²) in [5, 5.41) is 18.2. The minimum absolute atomic E-state index is 0.211. The Labute approximate surface area is 154 Å². The lowest BCUT2D eigenvalue weighted by Gasteiger charge is -2.09. The summed E-state index contributed by atoms with van der Waals surface area (Å²) in [4.78, 5) is 29.0. The number of carboxylic acid groups (broad SMARTS) is 1. The Hall–Kier alpha value is -3.00. The Kier molecular flexibility index (Phi) is 5.13. The van der Waals surface area contributed by atoms with Crippen LogP contribution in [0.1, 0.15) is 39.8 Å². The summed E-state index contributed by atoms with van der Waals surface area (Å²) in [6, 6.07) is 11.3. The van der Waals surface area contributed by atoms with E-state index in [1.54, 1.807) is 6.92 Å². The normalized spacial score (nSPS) is 11.9. The van der Waals surface area contributed by atoms with Gasteiger partial charge in [0, 0.05) is 4.88 Å². The molecule has 0 saturated carbocycles. The zero-order chi connectivity index (χ0) is 18.7. The summed E-state index contributed by atoms with van der Waals surface area (Å²) >= 11 is 1.43. The van der Waals surface area contributed by atoms with Crippen molar-refractivity contribution in [3.05, 3.63) is 58.5 Å². The first kappa shape index (κ1) is 17.8. The van der Waals surface area contributed by atoms with E-state index >= 15 is 0 Å². The van der Waals surface area contributed by atoms with Crippen molar-refractivity contribution < 1.29 is 14.7 Å². The fraction of sp³-hybridized carbons (Fsp3) is 0.222. The van der Waals surface area contributed by atoms with Gasteiger partial charge in [0.15, 0.2) is 5.82 Å². The fourth-order valence-electron chi connectivity index (χ4n) is 2.53. The van der Waals surface area contributed by atoms with E-state index in [0.29, 0.717) is 10.7 Å². The molecule has 2 aromatic heterocycles. The standard InChI is InChI=1S/C18H18N4O3S/c1-10-8-13(26-16(10)12-6-4-3-5-7-12)18(25)19-11(2)17-20-14(21-22-17)9-15(23)24/h3-8,11H,9H2,1-2H3,(H,19,25)(H,23,24)(H,20,21,22)/t11-/m0/s1. The summed E-state index contributed by atoms with van der Waals surface area (Å²) in [6.45, 7) is 3.73. The number of aromatic nitrogens is 3. The Bertz CT molecular complexity index is 933. The van der Waals surface area contributed by atoms with Crippen LogP contribution in [0.15, 0.2) is 36.4 Å². The number of aryl methyl sites for hydroxylation is 1. The van der Waals surface area contributed by atoms with Gasteiger partial charge in [-0.1, -0.05) is 30.3 Å². The summed E-state index contributed by atoms with van der Waals surface area (Å²) in [6.07, 6.45) is -0.238. The van der Waals surface area contributed by atoms with E-state index in [4.69, 9.17) is 5.11 Å². The zero-order valence-corrected chi connectivity index (χ0v) is 15.1. The predicted molar refractivity (Wildman–Crippen MR) is 98.1 cm³/mol. The third kappa shape index (κ3) is 3.97. The molecular formula is C18H18N4O3S. The number of H-pyrrole nitrogens is 1. The number of thiophene rings is 1. The SMILES string of the molecule is Cc1cc(C(=O)N[C@@H](C)c2n[nH]c(CC(=O)O)n2)sc1-c1ccccc1. The second-order valence-corrected chi connectivity index (χ2v) is 6.95. The number of carboxylic acids is 1. The van der Waals surface area contributed by atoms with Gasteiger partial charge in [0.2, 0.25) is 0 Å². The molecule has 7 nitrogen and oxygen atoms in total. The van der Waals surface area contributed by atoms with Gasteiger partial charge in [-0.05, 0) is 31.0 Å². The molecule has 0 saturated heterocycles. The first-order valence-corrected chi connectivity index (χ1v) is 8.85. The van der Waals surface area contributed by atoms with Crippen LogP contribution in [-0.2, 0) is 11.2 Å². The van der Waals surface area contributed by atoms with E-state index in [9.17, 15) is 9.59 Å². The number of hydrogen-bond acceptors (Lipinski definition) is 5. The van der Waals surface area contributed by atoms with Gasteiger partial charge < -0.3 is 10.4 Å². The van der Waals surface area contributed by atoms with Crippen LogP contribution in [0.3, 0.4) is 0 Å². The third-order valence-corrected chi connectivity index (χ3v) is 5.07. The van der Waals surface area contributed by atoms with Gasteiger partial charge in [-0.15, -0.1) is 11.3 Å². The Morgan fingerprint density at radius 2 is 2.04 bits per heavy atom. The van der Waals surface area contributed by atoms with Crippen molar-refractivity contribution in [1.82, 2.24) is 20.5 Å².